The van der Waals surface area contributed by atoms with Gasteiger partial charge in [0.05, 0.1) is 5.69 Å². The van der Waals surface area contributed by atoms with E-state index in [1.807, 2.05) is 13.1 Å². The number of nitrogens with zero attached hydrogens (tertiary/aromatic N) is 6. The van der Waals surface area contributed by atoms with Crippen molar-refractivity contribution in [2.45, 2.75) is 19.8 Å². The van der Waals surface area contributed by atoms with Gasteiger partial charge in [0, 0.05) is 75.1 Å². The average molecular weight is 442 g/mol. The van der Waals surface area contributed by atoms with Gasteiger partial charge in [0.15, 0.2) is 5.96 Å². The summed E-state index contributed by atoms with van der Waals surface area (Å²) in [5.41, 5.74) is 2.30. The van der Waals surface area contributed by atoms with Crippen LogP contribution in [0.1, 0.15) is 18.4 Å². The quantitative estimate of drug-likeness (QED) is 0.468. The fourth-order valence-electron chi connectivity index (χ4n) is 3.40. The van der Waals surface area contributed by atoms with Crippen LogP contribution in [-0.4, -0.2) is 65.0 Å². The van der Waals surface area contributed by atoms with Gasteiger partial charge in [-0.25, -0.2) is 9.97 Å². The molecule has 1 saturated heterocycles. The summed E-state index contributed by atoms with van der Waals surface area (Å²) < 4.78 is 4.40. The van der Waals surface area contributed by atoms with Gasteiger partial charge in [0.2, 0.25) is 5.13 Å². The number of anilines is 1. The molecule has 0 amide bonds. The van der Waals surface area contributed by atoms with E-state index in [0.29, 0.717) is 0 Å². The number of rotatable bonds is 6. The summed E-state index contributed by atoms with van der Waals surface area (Å²) in [6.07, 6.45) is 1.77. The van der Waals surface area contributed by atoms with Gasteiger partial charge in [-0.2, -0.15) is 4.37 Å². The number of aryl methyl sites for hydroxylation is 1. The van der Waals surface area contributed by atoms with Crippen LogP contribution in [-0.2, 0) is 12.8 Å². The second-order valence-electron chi connectivity index (χ2n) is 7.05. The third kappa shape index (κ3) is 4.96. The maximum atomic E-state index is 4.77. The molecule has 0 bridgehead atoms. The fourth-order valence-corrected chi connectivity index (χ4v) is 5.06. The maximum Gasteiger partial charge on any atom is 0.205 e. The van der Waals surface area contributed by atoms with Crippen LogP contribution in [0, 0.1) is 0 Å². The number of hydrogen-bond donors (Lipinski definition) is 1. The highest BCUT2D eigenvalue weighted by molar-refractivity contribution is 7.13. The van der Waals surface area contributed by atoms with E-state index >= 15 is 0 Å². The molecule has 0 radical (unpaired) electrons. The summed E-state index contributed by atoms with van der Waals surface area (Å²) in [4.78, 5) is 18.5. The van der Waals surface area contributed by atoms with Gasteiger partial charge in [-0.05, 0) is 0 Å². The Bertz CT molecular complexity index is 959. The van der Waals surface area contributed by atoms with E-state index in [9.17, 15) is 0 Å². The van der Waals surface area contributed by atoms with Gasteiger partial charge in [0.25, 0.3) is 0 Å². The van der Waals surface area contributed by atoms with E-state index in [4.69, 9.17) is 4.98 Å². The third-order valence-corrected chi connectivity index (χ3v) is 6.83. The largest absolute Gasteiger partial charge is 0.356 e. The van der Waals surface area contributed by atoms with Gasteiger partial charge < -0.3 is 15.1 Å². The Kier molecular flexibility index (Phi) is 6.91. The monoisotopic (exact) mass is 441 g/mol. The number of piperazine rings is 1. The summed E-state index contributed by atoms with van der Waals surface area (Å²) >= 11 is 3.20. The molecular formula is C21H27N7S2. The number of hydrogen-bond acceptors (Lipinski definition) is 7. The molecule has 3 aromatic rings. The van der Waals surface area contributed by atoms with Gasteiger partial charge in [-0.15, -0.1) is 11.3 Å². The minimum atomic E-state index is 0.821. The van der Waals surface area contributed by atoms with Crippen molar-refractivity contribution in [1.29, 1.82) is 0 Å². The van der Waals surface area contributed by atoms with Crippen LogP contribution in [0.3, 0.4) is 0 Å². The summed E-state index contributed by atoms with van der Waals surface area (Å²) in [6.45, 7) is 6.64. The summed E-state index contributed by atoms with van der Waals surface area (Å²) in [5, 5.41) is 7.76. The zero-order valence-electron chi connectivity index (χ0n) is 17.4. The lowest BCUT2D eigenvalue weighted by Crippen LogP contribution is -2.52. The molecule has 1 aliphatic rings. The Morgan fingerprint density at radius 3 is 2.63 bits per heavy atom. The van der Waals surface area contributed by atoms with Crippen LogP contribution in [0.2, 0.25) is 0 Å². The molecule has 0 unspecified atom stereocenters. The van der Waals surface area contributed by atoms with Crippen LogP contribution in [0.4, 0.5) is 5.13 Å². The highest BCUT2D eigenvalue weighted by atomic mass is 32.1. The van der Waals surface area contributed by atoms with E-state index < -0.39 is 0 Å². The zero-order chi connectivity index (χ0) is 20.8. The average Bonchev–Trinajstić information content (AvgIpc) is 3.47. The van der Waals surface area contributed by atoms with Gasteiger partial charge in [0.1, 0.15) is 10.8 Å². The number of aliphatic imine (C=N–C) groups is 1. The fraction of sp³-hybridized carbons (Fsp3) is 0.429. The second kappa shape index (κ2) is 9.99. The molecule has 30 heavy (non-hydrogen) atoms. The molecule has 0 spiro atoms. The van der Waals surface area contributed by atoms with Crippen molar-refractivity contribution < 1.29 is 0 Å². The third-order valence-electron chi connectivity index (χ3n) is 5.07. The first-order valence-electron chi connectivity index (χ1n) is 10.3. The summed E-state index contributed by atoms with van der Waals surface area (Å²) in [7, 11) is 1.85. The van der Waals surface area contributed by atoms with Gasteiger partial charge in [-0.1, -0.05) is 37.3 Å². The van der Waals surface area contributed by atoms with Crippen LogP contribution in [0.15, 0.2) is 40.7 Å². The highest BCUT2D eigenvalue weighted by Crippen LogP contribution is 2.23. The van der Waals surface area contributed by atoms with E-state index in [2.05, 4.69) is 66.0 Å². The Labute approximate surface area is 185 Å². The normalized spacial score (nSPS) is 14.9. The van der Waals surface area contributed by atoms with E-state index in [1.165, 1.54) is 17.1 Å². The number of thiazole rings is 1. The lowest BCUT2D eigenvalue weighted by atomic mass is 10.2. The highest BCUT2D eigenvalue weighted by Gasteiger charge is 2.22. The number of guanidine groups is 1. The van der Waals surface area contributed by atoms with Crippen LogP contribution in [0.25, 0.3) is 10.6 Å². The second-order valence-corrected chi connectivity index (χ2v) is 8.64. The summed E-state index contributed by atoms with van der Waals surface area (Å²) in [5.74, 6) is 1.90. The van der Waals surface area contributed by atoms with Crippen molar-refractivity contribution >= 4 is 34.0 Å². The molecule has 0 atom stereocenters. The smallest absolute Gasteiger partial charge is 0.205 e. The van der Waals surface area contributed by atoms with Gasteiger partial charge >= 0.3 is 0 Å². The molecule has 1 N–H and O–H groups in total. The first-order valence-corrected chi connectivity index (χ1v) is 11.9. The van der Waals surface area contributed by atoms with E-state index in [-0.39, 0.29) is 0 Å². The molecule has 1 aromatic carbocycles. The van der Waals surface area contributed by atoms with Crippen LogP contribution in [0.5, 0.6) is 0 Å². The minimum Gasteiger partial charge on any atom is -0.356 e. The molecule has 158 valence electrons. The molecule has 9 heteroatoms. The Balaban J connectivity index is 1.25. The standard InChI is InChI=1S/C21H27N7S2/c1-3-18-25-21(30-26-18)28-13-11-27(12-14-28)20(22-2)23-10-9-17-15-29-19(24-17)16-7-5-4-6-8-16/h4-8,15H,3,9-14H2,1-2H3,(H,22,23). The van der Waals surface area contributed by atoms with Crippen molar-refractivity contribution in [3.63, 3.8) is 0 Å². The van der Waals surface area contributed by atoms with Crippen molar-refractivity contribution in [2.75, 3.05) is 44.7 Å². The van der Waals surface area contributed by atoms with Crippen molar-refractivity contribution in [1.82, 2.24) is 24.6 Å². The minimum absolute atomic E-state index is 0.821. The van der Waals surface area contributed by atoms with Crippen LogP contribution >= 0.6 is 22.9 Å². The topological polar surface area (TPSA) is 69.5 Å². The molecule has 3 heterocycles. The maximum absolute atomic E-state index is 4.77. The molecule has 7 nitrogen and oxygen atoms in total. The van der Waals surface area contributed by atoms with E-state index in [1.54, 1.807) is 11.3 Å². The predicted molar refractivity (Wildman–Crippen MR) is 126 cm³/mol. The number of aromatic nitrogens is 3. The Hall–Kier alpha value is -2.52. The van der Waals surface area contributed by atoms with Crippen LogP contribution < -0.4 is 10.2 Å². The lowest BCUT2D eigenvalue weighted by molar-refractivity contribution is 0.372. The zero-order valence-corrected chi connectivity index (χ0v) is 19.0. The first kappa shape index (κ1) is 20.7. The Morgan fingerprint density at radius 1 is 1.13 bits per heavy atom. The van der Waals surface area contributed by atoms with Crippen molar-refractivity contribution in [3.05, 3.63) is 47.2 Å². The predicted octanol–water partition coefficient (Wildman–Crippen LogP) is 3.16. The van der Waals surface area contributed by atoms with Crippen molar-refractivity contribution in [2.24, 2.45) is 4.99 Å². The number of nitrogens with one attached hydrogen (secondary N) is 1. The Morgan fingerprint density at radius 2 is 1.93 bits per heavy atom. The van der Waals surface area contributed by atoms with Crippen molar-refractivity contribution in [3.8, 4) is 10.6 Å². The number of benzene rings is 1. The van der Waals surface area contributed by atoms with Gasteiger partial charge in [-0.3, -0.25) is 4.99 Å². The molecule has 1 aliphatic heterocycles. The molecule has 0 saturated carbocycles. The molecule has 4 rings (SSSR count). The molecule has 1 fully saturated rings. The molecule has 2 aromatic heterocycles. The SMILES string of the molecule is CCc1nsc(N2CCN(C(=NC)NCCc3csc(-c4ccccc4)n3)CC2)n1. The van der Waals surface area contributed by atoms with E-state index in [0.717, 1.165) is 73.2 Å². The molecule has 0 aliphatic carbocycles. The summed E-state index contributed by atoms with van der Waals surface area (Å²) in [6, 6.07) is 10.3. The molecular weight excluding hydrogens is 414 g/mol. The first-order chi connectivity index (χ1) is 14.8. The lowest BCUT2D eigenvalue weighted by Gasteiger charge is -2.36.